The van der Waals surface area contributed by atoms with Gasteiger partial charge in [0.2, 0.25) is 5.91 Å². The van der Waals surface area contributed by atoms with Gasteiger partial charge in [0.05, 0.1) is 23.3 Å². The second-order valence-electron chi connectivity index (χ2n) is 8.29. The Morgan fingerprint density at radius 1 is 1.16 bits per heavy atom. The predicted octanol–water partition coefficient (Wildman–Crippen LogP) is 5.25. The summed E-state index contributed by atoms with van der Waals surface area (Å²) in [5.74, 6) is -0.421. The van der Waals surface area contributed by atoms with Crippen molar-refractivity contribution in [2.75, 3.05) is 25.5 Å². The number of alkyl halides is 3. The van der Waals surface area contributed by atoms with Crippen LogP contribution in [0.5, 0.6) is 5.75 Å². The van der Waals surface area contributed by atoms with E-state index in [1.165, 1.54) is 30.2 Å². The fraction of sp³-hybridized carbons (Fsp3) is 0.391. The summed E-state index contributed by atoms with van der Waals surface area (Å²) in [5, 5.41) is 3.26. The molecule has 1 heterocycles. The van der Waals surface area contributed by atoms with Crippen LogP contribution in [-0.4, -0.2) is 36.9 Å². The minimum Gasteiger partial charge on any atom is -0.495 e. The minimum atomic E-state index is -4.59. The van der Waals surface area contributed by atoms with Crippen LogP contribution in [0.4, 0.5) is 18.9 Å². The number of likely N-dealkylation sites (tertiary alicyclic amines) is 1. The van der Waals surface area contributed by atoms with Crippen molar-refractivity contribution in [2.24, 2.45) is 11.3 Å². The Morgan fingerprint density at radius 2 is 1.84 bits per heavy atom. The van der Waals surface area contributed by atoms with Crippen molar-refractivity contribution in [3.8, 4) is 5.75 Å². The van der Waals surface area contributed by atoms with Crippen LogP contribution in [0.1, 0.15) is 35.2 Å². The summed E-state index contributed by atoms with van der Waals surface area (Å²) in [4.78, 5) is 26.9. The van der Waals surface area contributed by atoms with Crippen LogP contribution in [0.3, 0.4) is 0 Å². The third-order valence-corrected chi connectivity index (χ3v) is 6.73. The monoisotopic (exact) mass is 466 g/mol. The molecule has 5 nitrogen and oxygen atoms in total. The number of methoxy groups -OCH3 is 1. The Balaban J connectivity index is 1.37. The second kappa shape index (κ2) is 8.31. The molecule has 0 aromatic heterocycles. The molecule has 2 amide bonds. The van der Waals surface area contributed by atoms with Crippen molar-refractivity contribution < 1.29 is 27.5 Å². The van der Waals surface area contributed by atoms with E-state index in [2.05, 4.69) is 5.32 Å². The highest BCUT2D eigenvalue weighted by atomic mass is 35.5. The largest absolute Gasteiger partial charge is 0.495 e. The lowest BCUT2D eigenvalue weighted by atomic mass is 9.90. The van der Waals surface area contributed by atoms with Crippen molar-refractivity contribution in [3.63, 3.8) is 0 Å². The number of piperidine rings is 1. The first-order valence-corrected chi connectivity index (χ1v) is 10.6. The van der Waals surface area contributed by atoms with Gasteiger partial charge in [-0.2, -0.15) is 13.2 Å². The normalized spacial score (nSPS) is 19.5. The molecule has 1 saturated carbocycles. The Labute approximate surface area is 188 Å². The average molecular weight is 467 g/mol. The molecule has 4 rings (SSSR count). The number of anilines is 1. The van der Waals surface area contributed by atoms with E-state index in [0.717, 1.165) is 6.07 Å². The molecule has 2 fully saturated rings. The Bertz CT molecular complexity index is 1050. The number of carbonyl (C=O) groups excluding carboxylic acids is 2. The zero-order chi connectivity index (χ0) is 23.1. The summed E-state index contributed by atoms with van der Waals surface area (Å²) in [6, 6.07) is 9.83. The summed E-state index contributed by atoms with van der Waals surface area (Å²) < 4.78 is 44.9. The Hall–Kier alpha value is -2.74. The van der Waals surface area contributed by atoms with Crippen LogP contribution in [0.15, 0.2) is 42.5 Å². The number of hydrogen-bond donors (Lipinski definition) is 1. The number of ether oxygens (including phenoxy) is 1. The first-order valence-electron chi connectivity index (χ1n) is 10.2. The lowest BCUT2D eigenvalue weighted by molar-refractivity contribution is -0.138. The first kappa shape index (κ1) is 22.5. The van der Waals surface area contributed by atoms with Gasteiger partial charge in [-0.05, 0) is 55.0 Å². The number of nitrogens with one attached hydrogen (secondary N) is 1. The molecule has 1 aliphatic carbocycles. The molecule has 170 valence electrons. The highest BCUT2D eigenvalue weighted by Crippen LogP contribution is 2.59. The summed E-state index contributed by atoms with van der Waals surface area (Å²) >= 11 is 6.10. The Kier molecular flexibility index (Phi) is 5.83. The fourth-order valence-corrected chi connectivity index (χ4v) is 4.74. The number of hydrogen-bond acceptors (Lipinski definition) is 3. The van der Waals surface area contributed by atoms with Gasteiger partial charge in [-0.3, -0.25) is 9.59 Å². The third-order valence-electron chi connectivity index (χ3n) is 6.43. The number of amides is 2. The van der Waals surface area contributed by atoms with E-state index in [1.54, 1.807) is 18.2 Å². The molecule has 1 aliphatic heterocycles. The maximum absolute atomic E-state index is 13.3. The summed E-state index contributed by atoms with van der Waals surface area (Å²) in [6.07, 6.45) is -2.74. The van der Waals surface area contributed by atoms with Crippen molar-refractivity contribution in [1.29, 1.82) is 0 Å². The van der Waals surface area contributed by atoms with Crippen LogP contribution >= 0.6 is 11.6 Å². The standard InChI is InChI=1S/C23H22ClF3N2O3/c1-32-19-7-6-14(12-18(19)24)28-20(30)17-13-22(17)8-10-29(11-9-22)21(31)15-4-2-3-5-16(15)23(25,26)27/h2-7,12,17H,8-11,13H2,1H3,(H,28,30). The molecule has 2 aromatic carbocycles. The lowest BCUT2D eigenvalue weighted by Crippen LogP contribution is -2.40. The Morgan fingerprint density at radius 3 is 2.47 bits per heavy atom. The van der Waals surface area contributed by atoms with Crippen LogP contribution in [0.25, 0.3) is 0 Å². The molecule has 0 bridgehead atoms. The molecule has 9 heteroatoms. The number of halogens is 4. The number of rotatable bonds is 4. The maximum atomic E-state index is 13.3. The van der Waals surface area contributed by atoms with E-state index in [1.807, 2.05) is 0 Å². The van der Waals surface area contributed by atoms with E-state index in [-0.39, 0.29) is 22.8 Å². The molecular formula is C23H22ClF3N2O3. The lowest BCUT2D eigenvalue weighted by Gasteiger charge is -2.33. The smallest absolute Gasteiger partial charge is 0.417 e. The van der Waals surface area contributed by atoms with Crippen LogP contribution in [0.2, 0.25) is 5.02 Å². The third kappa shape index (κ3) is 4.28. The van der Waals surface area contributed by atoms with Gasteiger partial charge in [0.1, 0.15) is 5.75 Å². The summed E-state index contributed by atoms with van der Waals surface area (Å²) in [6.45, 7) is 0.645. The SMILES string of the molecule is COc1ccc(NC(=O)C2CC23CCN(C(=O)c2ccccc2C(F)(F)F)CC3)cc1Cl. The van der Waals surface area contributed by atoms with Crippen LogP contribution < -0.4 is 10.1 Å². The molecule has 1 spiro atoms. The van der Waals surface area contributed by atoms with Crippen LogP contribution in [0, 0.1) is 11.3 Å². The van der Waals surface area contributed by atoms with E-state index in [0.29, 0.717) is 48.8 Å². The van der Waals surface area contributed by atoms with Gasteiger partial charge in [0.25, 0.3) is 5.91 Å². The maximum Gasteiger partial charge on any atom is 0.417 e. The molecule has 2 aromatic rings. The van der Waals surface area contributed by atoms with Crippen molar-refractivity contribution in [1.82, 2.24) is 4.90 Å². The quantitative estimate of drug-likeness (QED) is 0.669. The van der Waals surface area contributed by atoms with E-state index in [9.17, 15) is 22.8 Å². The van der Waals surface area contributed by atoms with Gasteiger partial charge < -0.3 is 15.0 Å². The van der Waals surface area contributed by atoms with E-state index < -0.39 is 17.6 Å². The van der Waals surface area contributed by atoms with Crippen molar-refractivity contribution >= 4 is 29.1 Å². The molecular weight excluding hydrogens is 445 g/mol. The summed E-state index contributed by atoms with van der Waals surface area (Å²) in [7, 11) is 1.51. The second-order valence-corrected chi connectivity index (χ2v) is 8.70. The molecule has 0 radical (unpaired) electrons. The molecule has 1 saturated heterocycles. The fourth-order valence-electron chi connectivity index (χ4n) is 4.49. The van der Waals surface area contributed by atoms with Crippen molar-refractivity contribution in [3.05, 3.63) is 58.6 Å². The van der Waals surface area contributed by atoms with Crippen LogP contribution in [-0.2, 0) is 11.0 Å². The average Bonchev–Trinajstić information content (AvgIpc) is 3.46. The van der Waals surface area contributed by atoms with E-state index >= 15 is 0 Å². The molecule has 2 aliphatic rings. The van der Waals surface area contributed by atoms with Gasteiger partial charge >= 0.3 is 6.18 Å². The van der Waals surface area contributed by atoms with Gasteiger partial charge in [-0.1, -0.05) is 23.7 Å². The van der Waals surface area contributed by atoms with Gasteiger partial charge in [-0.25, -0.2) is 0 Å². The molecule has 1 atom stereocenters. The zero-order valence-corrected chi connectivity index (χ0v) is 18.1. The molecule has 1 unspecified atom stereocenters. The van der Waals surface area contributed by atoms with Gasteiger partial charge in [-0.15, -0.1) is 0 Å². The first-order chi connectivity index (χ1) is 15.1. The minimum absolute atomic E-state index is 0.117. The van der Waals surface area contributed by atoms with E-state index in [4.69, 9.17) is 16.3 Å². The highest BCUT2D eigenvalue weighted by Gasteiger charge is 2.58. The highest BCUT2D eigenvalue weighted by molar-refractivity contribution is 6.32. The van der Waals surface area contributed by atoms with Gasteiger partial charge in [0.15, 0.2) is 0 Å². The van der Waals surface area contributed by atoms with Gasteiger partial charge in [0, 0.05) is 24.7 Å². The molecule has 1 N–H and O–H groups in total. The predicted molar refractivity (Wildman–Crippen MR) is 114 cm³/mol. The number of carbonyl (C=O) groups is 2. The summed E-state index contributed by atoms with van der Waals surface area (Å²) in [5.41, 5.74) is -0.899. The topological polar surface area (TPSA) is 58.6 Å². The number of benzene rings is 2. The van der Waals surface area contributed by atoms with Crippen molar-refractivity contribution in [2.45, 2.75) is 25.4 Å². The number of nitrogens with zero attached hydrogens (tertiary/aromatic N) is 1. The zero-order valence-electron chi connectivity index (χ0n) is 17.3. The molecule has 32 heavy (non-hydrogen) atoms.